The number of imidazole rings is 1. The van der Waals surface area contributed by atoms with Crippen LogP contribution in [0.3, 0.4) is 0 Å². The molecule has 0 saturated heterocycles. The Morgan fingerprint density at radius 2 is 2.00 bits per heavy atom. The second kappa shape index (κ2) is 4.38. The van der Waals surface area contributed by atoms with Crippen molar-refractivity contribution in [2.24, 2.45) is 5.84 Å². The molecule has 0 unspecified atom stereocenters. The van der Waals surface area contributed by atoms with Crippen LogP contribution in [0.15, 0.2) is 18.7 Å². The van der Waals surface area contributed by atoms with Crippen LogP contribution in [0, 0.1) is 6.92 Å². The number of nitrogen functional groups attached to an aromatic ring is 1. The average Bonchev–Trinajstić information content (AvgIpc) is 2.81. The van der Waals surface area contributed by atoms with Crippen LogP contribution in [0.1, 0.15) is 32.2 Å². The Bertz CT molecular complexity index is 538. The Balaban J connectivity index is 2.65. The lowest BCUT2D eigenvalue weighted by molar-refractivity contribution is 0.543. The summed E-state index contributed by atoms with van der Waals surface area (Å²) in [6.45, 7) is 8.12. The molecular formula is C12H18N6. The first-order chi connectivity index (χ1) is 8.43. The van der Waals surface area contributed by atoms with Crippen LogP contribution in [0.25, 0.3) is 5.82 Å². The summed E-state index contributed by atoms with van der Waals surface area (Å²) in [4.78, 5) is 13.1. The fraction of sp³-hybridized carbons (Fsp3) is 0.417. The highest BCUT2D eigenvalue weighted by molar-refractivity contribution is 5.51. The maximum atomic E-state index is 5.52. The van der Waals surface area contributed by atoms with Gasteiger partial charge in [0, 0.05) is 23.4 Å². The molecule has 0 aromatic carbocycles. The molecule has 2 heterocycles. The van der Waals surface area contributed by atoms with Crippen molar-refractivity contribution in [1.29, 1.82) is 0 Å². The molecule has 6 heteroatoms. The van der Waals surface area contributed by atoms with Crippen LogP contribution in [-0.2, 0) is 5.41 Å². The van der Waals surface area contributed by atoms with E-state index in [1.165, 1.54) is 0 Å². The van der Waals surface area contributed by atoms with Gasteiger partial charge in [-0.05, 0) is 6.92 Å². The largest absolute Gasteiger partial charge is 0.308 e. The summed E-state index contributed by atoms with van der Waals surface area (Å²) in [5.41, 5.74) is 3.37. The molecule has 0 aliphatic heterocycles. The molecule has 0 saturated carbocycles. The normalized spacial score (nSPS) is 11.6. The molecule has 0 fully saturated rings. The Labute approximate surface area is 106 Å². The second-order valence-corrected chi connectivity index (χ2v) is 5.21. The van der Waals surface area contributed by atoms with Gasteiger partial charge in [-0.1, -0.05) is 20.8 Å². The number of hydrogen-bond donors (Lipinski definition) is 2. The number of anilines is 1. The van der Waals surface area contributed by atoms with E-state index in [0.29, 0.717) is 5.82 Å². The van der Waals surface area contributed by atoms with Crippen LogP contribution in [-0.4, -0.2) is 19.5 Å². The molecule has 0 atom stereocenters. The van der Waals surface area contributed by atoms with Crippen molar-refractivity contribution in [2.45, 2.75) is 33.1 Å². The molecule has 0 amide bonds. The Morgan fingerprint density at radius 3 is 2.50 bits per heavy atom. The van der Waals surface area contributed by atoms with Gasteiger partial charge in [0.2, 0.25) is 0 Å². The third-order valence-corrected chi connectivity index (χ3v) is 2.68. The van der Waals surface area contributed by atoms with Crippen molar-refractivity contribution in [3.05, 3.63) is 30.1 Å². The van der Waals surface area contributed by atoms with Crippen molar-refractivity contribution >= 4 is 5.82 Å². The van der Waals surface area contributed by atoms with E-state index in [-0.39, 0.29) is 5.41 Å². The zero-order valence-corrected chi connectivity index (χ0v) is 11.1. The molecule has 96 valence electrons. The Morgan fingerprint density at radius 1 is 1.28 bits per heavy atom. The summed E-state index contributed by atoms with van der Waals surface area (Å²) in [6, 6.07) is 0. The predicted molar refractivity (Wildman–Crippen MR) is 70.4 cm³/mol. The minimum absolute atomic E-state index is 0.144. The molecule has 3 N–H and O–H groups in total. The minimum atomic E-state index is -0.144. The first kappa shape index (κ1) is 12.5. The summed E-state index contributed by atoms with van der Waals surface area (Å²) in [5.74, 6) is 7.69. The number of aromatic nitrogens is 4. The number of hydrogen-bond acceptors (Lipinski definition) is 5. The van der Waals surface area contributed by atoms with Crippen LogP contribution < -0.4 is 11.3 Å². The van der Waals surface area contributed by atoms with E-state index in [1.807, 2.05) is 17.7 Å². The number of hydrazine groups is 1. The quantitative estimate of drug-likeness (QED) is 0.620. The van der Waals surface area contributed by atoms with Gasteiger partial charge in [-0.2, -0.15) is 0 Å². The molecule has 6 nitrogen and oxygen atoms in total. The predicted octanol–water partition coefficient (Wildman–Crippen LogP) is 1.55. The zero-order valence-electron chi connectivity index (χ0n) is 11.1. The lowest BCUT2D eigenvalue weighted by atomic mass is 9.95. The van der Waals surface area contributed by atoms with Gasteiger partial charge < -0.3 is 5.43 Å². The maximum absolute atomic E-state index is 5.52. The van der Waals surface area contributed by atoms with Crippen LogP contribution in [0.5, 0.6) is 0 Å². The van der Waals surface area contributed by atoms with Crippen molar-refractivity contribution < 1.29 is 0 Å². The van der Waals surface area contributed by atoms with Gasteiger partial charge in [0.15, 0.2) is 0 Å². The highest BCUT2D eigenvalue weighted by Crippen LogP contribution is 2.24. The number of nitrogens with zero attached hydrogens (tertiary/aromatic N) is 4. The van der Waals surface area contributed by atoms with Gasteiger partial charge in [0.05, 0.1) is 0 Å². The molecule has 0 aliphatic carbocycles. The Kier molecular flexibility index (Phi) is 3.04. The maximum Gasteiger partial charge on any atom is 0.148 e. The van der Waals surface area contributed by atoms with E-state index in [9.17, 15) is 0 Å². The first-order valence-corrected chi connectivity index (χ1v) is 5.77. The molecule has 0 spiro atoms. The lowest BCUT2D eigenvalue weighted by Crippen LogP contribution is -2.21. The molecular weight excluding hydrogens is 228 g/mol. The summed E-state index contributed by atoms with van der Waals surface area (Å²) < 4.78 is 1.85. The minimum Gasteiger partial charge on any atom is -0.308 e. The van der Waals surface area contributed by atoms with E-state index >= 15 is 0 Å². The smallest absolute Gasteiger partial charge is 0.148 e. The zero-order chi connectivity index (χ0) is 13.3. The topological polar surface area (TPSA) is 81.6 Å². The van der Waals surface area contributed by atoms with Crippen molar-refractivity contribution in [3.8, 4) is 5.82 Å². The van der Waals surface area contributed by atoms with Crippen molar-refractivity contribution in [1.82, 2.24) is 19.5 Å². The highest BCUT2D eigenvalue weighted by Gasteiger charge is 2.21. The van der Waals surface area contributed by atoms with Crippen LogP contribution in [0.4, 0.5) is 5.82 Å². The van der Waals surface area contributed by atoms with E-state index in [0.717, 1.165) is 17.2 Å². The third-order valence-electron chi connectivity index (χ3n) is 2.68. The van der Waals surface area contributed by atoms with E-state index in [2.05, 4.69) is 41.1 Å². The summed E-state index contributed by atoms with van der Waals surface area (Å²) in [7, 11) is 0. The molecule has 18 heavy (non-hydrogen) atoms. The van der Waals surface area contributed by atoms with Crippen molar-refractivity contribution in [2.75, 3.05) is 5.43 Å². The van der Waals surface area contributed by atoms with E-state index in [4.69, 9.17) is 5.84 Å². The average molecular weight is 246 g/mol. The molecule has 0 bridgehead atoms. The second-order valence-electron chi connectivity index (χ2n) is 5.21. The molecule has 2 aromatic rings. The fourth-order valence-corrected chi connectivity index (χ4v) is 1.62. The molecule has 2 aromatic heterocycles. The summed E-state index contributed by atoms with van der Waals surface area (Å²) in [6.07, 6.45) is 5.28. The summed E-state index contributed by atoms with van der Waals surface area (Å²) >= 11 is 0. The number of rotatable bonds is 2. The van der Waals surface area contributed by atoms with Gasteiger partial charge in [-0.25, -0.2) is 20.8 Å². The molecule has 2 rings (SSSR count). The van der Waals surface area contributed by atoms with E-state index in [1.54, 1.807) is 12.5 Å². The third kappa shape index (κ3) is 2.19. The first-order valence-electron chi connectivity index (χ1n) is 5.77. The SMILES string of the molecule is Cc1c(NN)nc(C(C)(C)C)nc1-n1ccnc1. The number of nitrogens with two attached hydrogens (primary N) is 1. The van der Waals surface area contributed by atoms with Gasteiger partial charge in [-0.15, -0.1) is 0 Å². The standard InChI is InChI=1S/C12H18N6/c1-8-9(17-13)15-11(12(2,3)4)16-10(8)18-6-5-14-7-18/h5-7H,13H2,1-4H3,(H,15,16,17). The molecule has 0 radical (unpaired) electrons. The molecule has 0 aliphatic rings. The van der Waals surface area contributed by atoms with Crippen LogP contribution >= 0.6 is 0 Å². The summed E-state index contributed by atoms with van der Waals surface area (Å²) in [5, 5.41) is 0. The highest BCUT2D eigenvalue weighted by atomic mass is 15.3. The van der Waals surface area contributed by atoms with E-state index < -0.39 is 0 Å². The van der Waals surface area contributed by atoms with Gasteiger partial charge in [-0.3, -0.25) is 4.57 Å². The van der Waals surface area contributed by atoms with Crippen molar-refractivity contribution in [3.63, 3.8) is 0 Å². The Hall–Kier alpha value is -1.95. The van der Waals surface area contributed by atoms with Gasteiger partial charge >= 0.3 is 0 Å². The van der Waals surface area contributed by atoms with Gasteiger partial charge in [0.1, 0.15) is 23.8 Å². The van der Waals surface area contributed by atoms with Gasteiger partial charge in [0.25, 0.3) is 0 Å². The number of nitrogens with one attached hydrogen (secondary N) is 1. The lowest BCUT2D eigenvalue weighted by Gasteiger charge is -2.20. The monoisotopic (exact) mass is 246 g/mol. The van der Waals surface area contributed by atoms with Crippen LogP contribution in [0.2, 0.25) is 0 Å². The fourth-order valence-electron chi connectivity index (χ4n) is 1.62.